The summed E-state index contributed by atoms with van der Waals surface area (Å²) in [5.74, 6) is -2.62. The van der Waals surface area contributed by atoms with Gasteiger partial charge in [-0.3, -0.25) is 0 Å². The van der Waals surface area contributed by atoms with Gasteiger partial charge in [-0.1, -0.05) is 24.6 Å². The van der Waals surface area contributed by atoms with E-state index >= 15 is 0 Å². The van der Waals surface area contributed by atoms with Crippen molar-refractivity contribution in [3.63, 3.8) is 0 Å². The smallest absolute Gasteiger partial charge is 0.414 e. The second-order valence-electron chi connectivity index (χ2n) is 6.83. The predicted molar refractivity (Wildman–Crippen MR) is 101 cm³/mol. The van der Waals surface area contributed by atoms with E-state index in [0.717, 1.165) is 12.2 Å². The molecule has 1 aliphatic rings. The lowest BCUT2D eigenvalue weighted by atomic mass is 10.0. The topological polar surface area (TPSA) is 87.1 Å². The van der Waals surface area contributed by atoms with E-state index in [4.69, 9.17) is 24.5 Å². The highest BCUT2D eigenvalue weighted by Crippen LogP contribution is 2.21. The van der Waals surface area contributed by atoms with Crippen molar-refractivity contribution in [2.45, 2.75) is 65.0 Å². The highest BCUT2D eigenvalue weighted by Gasteiger charge is 2.17. The zero-order valence-corrected chi connectivity index (χ0v) is 16.0. The predicted octanol–water partition coefficient (Wildman–Crippen LogP) is 3.57. The number of hydrogen-bond acceptors (Lipinski definition) is 4. The van der Waals surface area contributed by atoms with Crippen molar-refractivity contribution < 1.29 is 24.5 Å². The molecule has 2 N–H and O–H groups in total. The third-order valence-corrected chi connectivity index (χ3v) is 4.61. The van der Waals surface area contributed by atoms with Crippen molar-refractivity contribution >= 4 is 11.9 Å². The lowest BCUT2D eigenvalue weighted by Gasteiger charge is -2.33. The molecule has 1 heterocycles. The normalized spacial score (nSPS) is 16.7. The van der Waals surface area contributed by atoms with Crippen LogP contribution in [0.1, 0.15) is 51.5 Å². The van der Waals surface area contributed by atoms with Crippen LogP contribution in [0.4, 0.5) is 0 Å². The average Bonchev–Trinajstić information content (AvgIpc) is 2.63. The number of carboxylic acid groups (broad SMARTS) is 2. The van der Waals surface area contributed by atoms with E-state index in [2.05, 4.69) is 43.9 Å². The van der Waals surface area contributed by atoms with Crippen LogP contribution in [0.15, 0.2) is 24.3 Å². The molecule has 2 atom stereocenters. The van der Waals surface area contributed by atoms with Gasteiger partial charge in [0, 0.05) is 6.04 Å². The Morgan fingerprint density at radius 2 is 1.62 bits per heavy atom. The minimum Gasteiger partial charge on any atom is -0.490 e. The van der Waals surface area contributed by atoms with Gasteiger partial charge < -0.3 is 19.8 Å². The third-order valence-electron chi connectivity index (χ3n) is 4.61. The van der Waals surface area contributed by atoms with Crippen LogP contribution in [-0.2, 0) is 9.59 Å². The van der Waals surface area contributed by atoms with Gasteiger partial charge in [0.15, 0.2) is 0 Å². The van der Waals surface area contributed by atoms with Crippen molar-refractivity contribution in [2.75, 3.05) is 13.1 Å². The summed E-state index contributed by atoms with van der Waals surface area (Å²) in [6.07, 6.45) is 6.82. The number of rotatable bonds is 6. The number of para-hydroxylation sites is 1. The maximum Gasteiger partial charge on any atom is 0.414 e. The summed E-state index contributed by atoms with van der Waals surface area (Å²) in [5.41, 5.74) is 1.23. The molecule has 0 aliphatic carbocycles. The van der Waals surface area contributed by atoms with Crippen LogP contribution >= 0.6 is 0 Å². The second kappa shape index (κ2) is 11.5. The number of benzene rings is 1. The number of piperidine rings is 1. The van der Waals surface area contributed by atoms with Crippen molar-refractivity contribution in [3.05, 3.63) is 29.8 Å². The van der Waals surface area contributed by atoms with E-state index in [-0.39, 0.29) is 0 Å². The fraction of sp³-hybridized carbons (Fsp3) is 0.600. The summed E-state index contributed by atoms with van der Waals surface area (Å²) >= 11 is 0. The number of nitrogens with zero attached hydrogens (tertiary/aromatic N) is 1. The molecule has 1 fully saturated rings. The highest BCUT2D eigenvalue weighted by atomic mass is 16.5. The maximum absolute atomic E-state index is 9.10. The SMILES string of the molecule is Cc1ccccc1OC(C)CCC(C)N1CCCCC1.O=C(O)C(=O)O. The second-order valence-corrected chi connectivity index (χ2v) is 6.83. The minimum atomic E-state index is -1.82. The van der Waals surface area contributed by atoms with Crippen molar-refractivity contribution in [1.82, 2.24) is 4.90 Å². The lowest BCUT2D eigenvalue weighted by Crippen LogP contribution is -2.37. The molecule has 0 spiro atoms. The first-order chi connectivity index (χ1) is 12.3. The largest absolute Gasteiger partial charge is 0.490 e. The fourth-order valence-corrected chi connectivity index (χ4v) is 2.98. The molecule has 1 saturated heterocycles. The van der Waals surface area contributed by atoms with Gasteiger partial charge in [0.1, 0.15) is 5.75 Å². The van der Waals surface area contributed by atoms with E-state index in [1.807, 2.05) is 6.07 Å². The molecule has 26 heavy (non-hydrogen) atoms. The molecule has 1 aromatic carbocycles. The zero-order chi connectivity index (χ0) is 19.5. The average molecular weight is 365 g/mol. The summed E-state index contributed by atoms with van der Waals surface area (Å²) < 4.78 is 6.06. The van der Waals surface area contributed by atoms with Crippen LogP contribution in [0.5, 0.6) is 5.75 Å². The van der Waals surface area contributed by atoms with Gasteiger partial charge in [-0.15, -0.1) is 0 Å². The van der Waals surface area contributed by atoms with Crippen LogP contribution in [0.3, 0.4) is 0 Å². The molecule has 1 aromatic rings. The first-order valence-electron chi connectivity index (χ1n) is 9.23. The summed E-state index contributed by atoms with van der Waals surface area (Å²) in [6.45, 7) is 9.24. The molecule has 2 unspecified atom stereocenters. The standard InChI is InChI=1S/C18H29NO.C2H2O4/c1-15-9-5-6-10-18(15)20-17(3)12-11-16(2)19-13-7-4-8-14-19;3-1(4)2(5)6/h5-6,9-10,16-17H,4,7-8,11-14H2,1-3H3;(H,3,4)(H,5,6). The molecule has 0 aromatic heterocycles. The Hall–Kier alpha value is -2.08. The maximum atomic E-state index is 9.10. The van der Waals surface area contributed by atoms with Gasteiger partial charge in [-0.05, 0) is 71.2 Å². The monoisotopic (exact) mass is 365 g/mol. The lowest BCUT2D eigenvalue weighted by molar-refractivity contribution is -0.159. The van der Waals surface area contributed by atoms with Crippen molar-refractivity contribution in [2.24, 2.45) is 0 Å². The molecule has 0 saturated carbocycles. The van der Waals surface area contributed by atoms with Gasteiger partial charge in [0.2, 0.25) is 0 Å². The van der Waals surface area contributed by atoms with Gasteiger partial charge in [-0.2, -0.15) is 0 Å². The fourth-order valence-electron chi connectivity index (χ4n) is 2.98. The number of ether oxygens (including phenoxy) is 1. The molecule has 6 nitrogen and oxygen atoms in total. The van der Waals surface area contributed by atoms with Gasteiger partial charge in [0.25, 0.3) is 0 Å². The summed E-state index contributed by atoms with van der Waals surface area (Å²) in [6, 6.07) is 8.98. The van der Waals surface area contributed by atoms with Crippen LogP contribution < -0.4 is 4.74 Å². The highest BCUT2D eigenvalue weighted by molar-refractivity contribution is 6.27. The van der Waals surface area contributed by atoms with Crippen molar-refractivity contribution in [1.29, 1.82) is 0 Å². The number of carboxylic acids is 2. The van der Waals surface area contributed by atoms with Crippen LogP contribution in [0, 0.1) is 6.92 Å². The molecule has 0 amide bonds. The number of hydrogen-bond donors (Lipinski definition) is 2. The number of carbonyl (C=O) groups is 2. The van der Waals surface area contributed by atoms with Crippen LogP contribution in [0.2, 0.25) is 0 Å². The van der Waals surface area contributed by atoms with Crippen LogP contribution in [-0.4, -0.2) is 52.3 Å². The van der Waals surface area contributed by atoms with Crippen LogP contribution in [0.25, 0.3) is 0 Å². The minimum absolute atomic E-state index is 0.295. The van der Waals surface area contributed by atoms with E-state index in [0.29, 0.717) is 12.1 Å². The summed E-state index contributed by atoms with van der Waals surface area (Å²) in [5, 5.41) is 14.8. The molecule has 6 heteroatoms. The number of likely N-dealkylation sites (tertiary alicyclic amines) is 1. The quantitative estimate of drug-likeness (QED) is 0.750. The molecule has 0 bridgehead atoms. The van der Waals surface area contributed by atoms with Gasteiger partial charge >= 0.3 is 11.9 Å². The van der Waals surface area contributed by atoms with Crippen molar-refractivity contribution in [3.8, 4) is 5.75 Å². The first-order valence-corrected chi connectivity index (χ1v) is 9.23. The Balaban J connectivity index is 0.000000487. The van der Waals surface area contributed by atoms with Gasteiger partial charge in [-0.25, -0.2) is 9.59 Å². The Kier molecular flexibility index (Phi) is 9.73. The number of aliphatic carboxylic acids is 2. The van der Waals surface area contributed by atoms with E-state index in [1.54, 1.807) is 0 Å². The Labute approximate surface area is 155 Å². The Morgan fingerprint density at radius 3 is 2.15 bits per heavy atom. The Morgan fingerprint density at radius 1 is 1.04 bits per heavy atom. The Bertz CT molecular complexity index is 557. The molecular formula is C20H31NO5. The molecule has 0 radical (unpaired) electrons. The molecule has 1 aliphatic heterocycles. The summed E-state index contributed by atoms with van der Waals surface area (Å²) in [4.78, 5) is 20.8. The zero-order valence-electron chi connectivity index (χ0n) is 16.0. The number of aryl methyl sites for hydroxylation is 1. The third kappa shape index (κ3) is 8.34. The first kappa shape index (κ1) is 22.0. The molecule has 2 rings (SSSR count). The van der Waals surface area contributed by atoms with Gasteiger partial charge in [0.05, 0.1) is 6.10 Å². The molecule has 146 valence electrons. The van der Waals surface area contributed by atoms with E-state index in [1.165, 1.54) is 44.3 Å². The summed E-state index contributed by atoms with van der Waals surface area (Å²) in [7, 11) is 0. The van der Waals surface area contributed by atoms with E-state index < -0.39 is 11.9 Å². The molecular weight excluding hydrogens is 334 g/mol. The van der Waals surface area contributed by atoms with E-state index in [9.17, 15) is 0 Å².